The Balaban J connectivity index is 1.27. The molecule has 1 fully saturated rings. The van der Waals surface area contributed by atoms with Crippen LogP contribution < -0.4 is 15.0 Å². The first-order chi connectivity index (χ1) is 22.0. The molecule has 0 radical (unpaired) electrons. The fraction of sp³-hybridized carbons (Fsp3) is 0.242. The van der Waals surface area contributed by atoms with Gasteiger partial charge >= 0.3 is 12.4 Å². The summed E-state index contributed by atoms with van der Waals surface area (Å²) in [6, 6.07) is 20.0. The topological polar surface area (TPSA) is 108 Å². The minimum Gasteiger partial charge on any atom is -0.406 e. The molecule has 1 aliphatic rings. The van der Waals surface area contributed by atoms with Crippen LogP contribution in [-0.4, -0.2) is 44.6 Å². The van der Waals surface area contributed by atoms with Crippen molar-refractivity contribution in [3.63, 3.8) is 0 Å². The standard InChI is InChI=1S/C33H30F3N7O2S/c1-21(2)28-14-5-22(3)17-29(28)42-15-4-16-46-32(42)40-31(44)38-19-25(18-37)23-6-8-24(9-7-23)30-39-20-43(41-30)26-10-12-27(13-11-26)45-33(34,35)36/h5-14,17,19-21H,4,15-16H2,1-3H3,(H,38,44)/b25-19+,40-32?. The van der Waals surface area contributed by atoms with Crippen molar-refractivity contribution in [3.05, 3.63) is 95.9 Å². The van der Waals surface area contributed by atoms with Gasteiger partial charge in [0.05, 0.1) is 11.3 Å². The van der Waals surface area contributed by atoms with Crippen LogP contribution in [0.5, 0.6) is 5.75 Å². The van der Waals surface area contributed by atoms with Gasteiger partial charge in [0, 0.05) is 29.7 Å². The maximum absolute atomic E-state index is 12.9. The first-order valence-corrected chi connectivity index (χ1v) is 15.4. The van der Waals surface area contributed by atoms with E-state index in [9.17, 15) is 23.2 Å². The van der Waals surface area contributed by atoms with Gasteiger partial charge < -0.3 is 15.0 Å². The van der Waals surface area contributed by atoms with E-state index in [0.29, 0.717) is 33.7 Å². The molecule has 3 aromatic carbocycles. The predicted octanol–water partition coefficient (Wildman–Crippen LogP) is 7.84. The Kier molecular flexibility index (Phi) is 9.77. The molecule has 0 saturated carbocycles. The van der Waals surface area contributed by atoms with E-state index in [2.05, 4.69) is 68.1 Å². The summed E-state index contributed by atoms with van der Waals surface area (Å²) in [5.41, 5.74) is 5.31. The Labute approximate surface area is 268 Å². The van der Waals surface area contributed by atoms with Gasteiger partial charge in [-0.05, 0) is 66.3 Å². The number of nitrogens with zero attached hydrogens (tertiary/aromatic N) is 6. The van der Waals surface area contributed by atoms with E-state index in [-0.39, 0.29) is 11.3 Å². The zero-order chi connectivity index (χ0) is 32.8. The first-order valence-electron chi connectivity index (χ1n) is 14.4. The number of thioether (sulfide) groups is 1. The molecular formula is C33H30F3N7O2S. The minimum atomic E-state index is -4.77. The smallest absolute Gasteiger partial charge is 0.406 e. The van der Waals surface area contributed by atoms with Gasteiger partial charge in [0.1, 0.15) is 18.1 Å². The van der Waals surface area contributed by atoms with Crippen LogP contribution in [0.15, 0.2) is 84.2 Å². The monoisotopic (exact) mass is 645 g/mol. The highest BCUT2D eigenvalue weighted by atomic mass is 32.2. The fourth-order valence-electron chi connectivity index (χ4n) is 4.80. The quantitative estimate of drug-likeness (QED) is 0.204. The molecule has 5 rings (SSSR count). The molecule has 1 saturated heterocycles. The van der Waals surface area contributed by atoms with Crippen molar-refractivity contribution in [3.8, 4) is 28.9 Å². The van der Waals surface area contributed by atoms with Gasteiger partial charge in [-0.25, -0.2) is 14.5 Å². The van der Waals surface area contributed by atoms with Crippen LogP contribution >= 0.6 is 11.8 Å². The molecule has 1 aliphatic heterocycles. The van der Waals surface area contributed by atoms with Gasteiger partial charge in [0.2, 0.25) is 0 Å². The van der Waals surface area contributed by atoms with E-state index in [0.717, 1.165) is 30.0 Å². The van der Waals surface area contributed by atoms with Crippen LogP contribution in [0.1, 0.15) is 42.9 Å². The maximum atomic E-state index is 12.9. The molecule has 0 spiro atoms. The van der Waals surface area contributed by atoms with Crippen LogP contribution in [0.4, 0.5) is 23.7 Å². The largest absolute Gasteiger partial charge is 0.573 e. The molecule has 2 heterocycles. The maximum Gasteiger partial charge on any atom is 0.573 e. The van der Waals surface area contributed by atoms with Gasteiger partial charge in [0.25, 0.3) is 0 Å². The number of nitrogens with one attached hydrogen (secondary N) is 1. The van der Waals surface area contributed by atoms with Crippen molar-refractivity contribution in [1.82, 2.24) is 20.1 Å². The first kappa shape index (κ1) is 32.3. The van der Waals surface area contributed by atoms with Gasteiger partial charge in [-0.3, -0.25) is 0 Å². The number of anilines is 1. The lowest BCUT2D eigenvalue weighted by molar-refractivity contribution is -0.274. The number of amides is 2. The van der Waals surface area contributed by atoms with E-state index in [4.69, 9.17) is 0 Å². The number of aromatic nitrogens is 3. The van der Waals surface area contributed by atoms with Gasteiger partial charge in [-0.1, -0.05) is 62.0 Å². The number of aliphatic imine (C=N–C) groups is 1. The number of hydrogen-bond donors (Lipinski definition) is 1. The Morgan fingerprint density at radius 3 is 2.54 bits per heavy atom. The number of halogens is 3. The average molecular weight is 646 g/mol. The molecule has 0 atom stereocenters. The highest BCUT2D eigenvalue weighted by molar-refractivity contribution is 8.14. The molecule has 236 valence electrons. The van der Waals surface area contributed by atoms with Crippen LogP contribution in [0.25, 0.3) is 22.6 Å². The summed E-state index contributed by atoms with van der Waals surface area (Å²) in [5.74, 6) is 1.19. The number of carbonyl (C=O) groups excluding carboxylic acids is 1. The summed E-state index contributed by atoms with van der Waals surface area (Å²) < 4.78 is 42.6. The van der Waals surface area contributed by atoms with Gasteiger partial charge in [-0.2, -0.15) is 10.3 Å². The molecule has 0 unspecified atom stereocenters. The zero-order valence-electron chi connectivity index (χ0n) is 25.2. The van der Waals surface area contributed by atoms with Crippen molar-refractivity contribution >= 4 is 34.2 Å². The Morgan fingerprint density at radius 2 is 1.87 bits per heavy atom. The van der Waals surface area contributed by atoms with Crippen molar-refractivity contribution in [1.29, 1.82) is 5.26 Å². The highest BCUT2D eigenvalue weighted by Crippen LogP contribution is 2.33. The number of nitriles is 1. The third kappa shape index (κ3) is 7.94. The molecule has 46 heavy (non-hydrogen) atoms. The number of carbonyl (C=O) groups is 1. The molecule has 0 aliphatic carbocycles. The minimum absolute atomic E-state index is 0.230. The van der Waals surface area contributed by atoms with Gasteiger partial charge in [0.15, 0.2) is 11.0 Å². The van der Waals surface area contributed by atoms with Crippen LogP contribution in [0.2, 0.25) is 0 Å². The van der Waals surface area contributed by atoms with Crippen molar-refractivity contribution in [2.24, 2.45) is 4.99 Å². The van der Waals surface area contributed by atoms with E-state index in [1.807, 2.05) is 6.92 Å². The van der Waals surface area contributed by atoms with Crippen LogP contribution in [-0.2, 0) is 0 Å². The SMILES string of the molecule is Cc1ccc(C(C)C)c(N2CCCSC2=NC(=O)N/C=C(\C#N)c2ccc(-c3ncn(-c4ccc(OC(F)(F)F)cc4)n3)cc2)c1. The summed E-state index contributed by atoms with van der Waals surface area (Å²) in [7, 11) is 0. The number of aryl methyl sites for hydroxylation is 1. The summed E-state index contributed by atoms with van der Waals surface area (Å²) in [4.78, 5) is 23.6. The second kappa shape index (κ2) is 13.9. The van der Waals surface area contributed by atoms with Crippen molar-refractivity contribution in [2.45, 2.75) is 39.5 Å². The molecule has 1 N–H and O–H groups in total. The average Bonchev–Trinajstić information content (AvgIpc) is 3.52. The molecule has 13 heteroatoms. The second-order valence-corrected chi connectivity index (χ2v) is 11.8. The highest BCUT2D eigenvalue weighted by Gasteiger charge is 2.31. The molecule has 4 aromatic rings. The predicted molar refractivity (Wildman–Crippen MR) is 173 cm³/mol. The summed E-state index contributed by atoms with van der Waals surface area (Å²) in [6.07, 6.45) is -1.03. The number of benzene rings is 3. The third-order valence-corrected chi connectivity index (χ3v) is 8.09. The molecule has 0 bridgehead atoms. The summed E-state index contributed by atoms with van der Waals surface area (Å²) >= 11 is 1.53. The normalized spacial score (nSPS) is 14.8. The molecular weight excluding hydrogens is 615 g/mol. The van der Waals surface area contributed by atoms with E-state index in [1.165, 1.54) is 58.8 Å². The number of hydrogen-bond acceptors (Lipinski definition) is 6. The van der Waals surface area contributed by atoms with Gasteiger partial charge in [-0.15, -0.1) is 18.3 Å². The Morgan fingerprint density at radius 1 is 1.13 bits per heavy atom. The molecule has 9 nitrogen and oxygen atoms in total. The number of urea groups is 1. The number of alkyl halides is 3. The summed E-state index contributed by atoms with van der Waals surface area (Å²) in [6.45, 7) is 7.08. The lowest BCUT2D eigenvalue weighted by atomic mass is 9.98. The van der Waals surface area contributed by atoms with Crippen molar-refractivity contribution < 1.29 is 22.7 Å². The summed E-state index contributed by atoms with van der Waals surface area (Å²) in [5, 5.41) is 17.4. The van der Waals surface area contributed by atoms with E-state index < -0.39 is 12.4 Å². The number of allylic oxidation sites excluding steroid dienone is 1. The lowest BCUT2D eigenvalue weighted by Crippen LogP contribution is -2.36. The van der Waals surface area contributed by atoms with Crippen LogP contribution in [0, 0.1) is 18.3 Å². The molecule has 1 aromatic heterocycles. The van der Waals surface area contributed by atoms with E-state index >= 15 is 0 Å². The second-order valence-electron chi connectivity index (χ2n) is 10.7. The zero-order valence-corrected chi connectivity index (χ0v) is 26.1. The number of ether oxygens (including phenoxy) is 1. The fourth-order valence-corrected chi connectivity index (χ4v) is 5.75. The lowest BCUT2D eigenvalue weighted by Gasteiger charge is -2.32. The Bertz CT molecular complexity index is 1810. The Hall–Kier alpha value is -5.09. The van der Waals surface area contributed by atoms with Crippen molar-refractivity contribution in [2.75, 3.05) is 17.2 Å². The van der Waals surface area contributed by atoms with E-state index in [1.54, 1.807) is 24.3 Å². The van der Waals surface area contributed by atoms with Crippen LogP contribution in [0.3, 0.4) is 0 Å². The number of rotatable bonds is 7. The number of amidine groups is 1. The third-order valence-electron chi connectivity index (χ3n) is 7.03. The molecule has 2 amide bonds.